The summed E-state index contributed by atoms with van der Waals surface area (Å²) in [6.45, 7) is 3.98. The van der Waals surface area contributed by atoms with Gasteiger partial charge >= 0.3 is 6.09 Å². The second-order valence-electron chi connectivity index (χ2n) is 6.46. The Hall–Kier alpha value is -2.32. The highest BCUT2D eigenvalue weighted by atomic mass is 16.7. The van der Waals surface area contributed by atoms with Crippen molar-refractivity contribution in [3.05, 3.63) is 28.8 Å². The molecule has 144 valence electrons. The van der Waals surface area contributed by atoms with Crippen molar-refractivity contribution in [1.29, 1.82) is 0 Å². The molecular weight excluding hydrogens is 340 g/mol. The van der Waals surface area contributed by atoms with E-state index in [9.17, 15) is 19.8 Å². The maximum absolute atomic E-state index is 13.0. The number of aryl methyl sites for hydroxylation is 2. The van der Waals surface area contributed by atoms with Crippen LogP contribution in [0.1, 0.15) is 34.3 Å². The van der Waals surface area contributed by atoms with E-state index in [1.165, 1.54) is 12.0 Å². The molecule has 0 bridgehead atoms. The quantitative estimate of drug-likeness (QED) is 0.789. The second kappa shape index (κ2) is 8.37. The van der Waals surface area contributed by atoms with Crippen LogP contribution in [0, 0.1) is 13.8 Å². The molecule has 1 saturated heterocycles. The van der Waals surface area contributed by atoms with E-state index in [2.05, 4.69) is 0 Å². The Balaban J connectivity index is 2.33. The first-order chi connectivity index (χ1) is 12.3. The third-order valence-corrected chi connectivity index (χ3v) is 4.66. The number of benzene rings is 1. The van der Waals surface area contributed by atoms with Crippen molar-refractivity contribution >= 4 is 12.0 Å². The molecule has 0 aromatic heterocycles. The summed E-state index contributed by atoms with van der Waals surface area (Å²) in [5.41, 5.74) is 2.00. The lowest BCUT2D eigenvalue weighted by molar-refractivity contribution is -0.149. The van der Waals surface area contributed by atoms with Gasteiger partial charge in [-0.15, -0.1) is 0 Å². The average Bonchev–Trinajstić information content (AvgIpc) is 2.77. The van der Waals surface area contributed by atoms with Gasteiger partial charge in [0.2, 0.25) is 0 Å². The second-order valence-corrected chi connectivity index (χ2v) is 6.46. The molecule has 0 unspecified atom stereocenters. The Kier molecular flexibility index (Phi) is 6.44. The molecule has 2 N–H and O–H groups in total. The van der Waals surface area contributed by atoms with Gasteiger partial charge in [-0.25, -0.2) is 9.86 Å². The summed E-state index contributed by atoms with van der Waals surface area (Å²) in [5.74, 6) is 0.273. The Labute approximate surface area is 152 Å². The van der Waals surface area contributed by atoms with E-state index in [-0.39, 0.29) is 6.54 Å². The molecule has 0 saturated carbocycles. The highest BCUT2D eigenvalue weighted by molar-refractivity contribution is 5.94. The van der Waals surface area contributed by atoms with Crippen LogP contribution >= 0.6 is 0 Å². The molecular formula is C18H26N2O6. The van der Waals surface area contributed by atoms with E-state index in [4.69, 9.17) is 9.57 Å². The van der Waals surface area contributed by atoms with Crippen molar-refractivity contribution in [3.63, 3.8) is 0 Å². The predicted molar refractivity (Wildman–Crippen MR) is 94.3 cm³/mol. The number of carbonyl (C=O) groups is 2. The molecule has 1 aliphatic rings. The normalized spacial score (nSPS) is 20.4. The largest absolute Gasteiger partial charge is 0.496 e. The lowest BCUT2D eigenvalue weighted by atomic mass is 10.0. The van der Waals surface area contributed by atoms with Gasteiger partial charge in [0, 0.05) is 18.7 Å². The van der Waals surface area contributed by atoms with Gasteiger partial charge in [0.15, 0.2) is 0 Å². The molecule has 26 heavy (non-hydrogen) atoms. The van der Waals surface area contributed by atoms with E-state index < -0.39 is 24.1 Å². The fourth-order valence-corrected chi connectivity index (χ4v) is 3.42. The first-order valence-corrected chi connectivity index (χ1v) is 8.49. The molecule has 8 heteroatoms. The molecule has 0 radical (unpaired) electrons. The summed E-state index contributed by atoms with van der Waals surface area (Å²) in [6.07, 6.45) is -1.04. The van der Waals surface area contributed by atoms with E-state index in [0.29, 0.717) is 30.7 Å². The summed E-state index contributed by atoms with van der Waals surface area (Å²) in [7, 11) is 2.91. The summed E-state index contributed by atoms with van der Waals surface area (Å²) in [4.78, 5) is 30.8. The first kappa shape index (κ1) is 20.0. The summed E-state index contributed by atoms with van der Waals surface area (Å²) < 4.78 is 5.32. The van der Waals surface area contributed by atoms with Gasteiger partial charge < -0.3 is 19.8 Å². The molecule has 2 rings (SSSR count). The maximum Gasteiger partial charge on any atom is 0.407 e. The molecule has 2 amide bonds. The van der Waals surface area contributed by atoms with Crippen LogP contribution < -0.4 is 4.74 Å². The van der Waals surface area contributed by atoms with Crippen molar-refractivity contribution in [2.45, 2.75) is 38.8 Å². The van der Waals surface area contributed by atoms with Gasteiger partial charge in [0.25, 0.3) is 5.91 Å². The van der Waals surface area contributed by atoms with Crippen LogP contribution in [0.5, 0.6) is 5.75 Å². The number of rotatable bonds is 4. The Morgan fingerprint density at radius 3 is 2.35 bits per heavy atom. The first-order valence-electron chi connectivity index (χ1n) is 8.49. The average molecular weight is 366 g/mol. The number of hydrogen-bond donors (Lipinski definition) is 2. The fourth-order valence-electron chi connectivity index (χ4n) is 3.42. The number of aliphatic hydroxyl groups excluding tert-OH is 1. The number of likely N-dealkylation sites (tertiary alicyclic amines) is 1. The summed E-state index contributed by atoms with van der Waals surface area (Å²) in [6, 6.07) is 2.60. The highest BCUT2D eigenvalue weighted by Gasteiger charge is 2.36. The van der Waals surface area contributed by atoms with Gasteiger partial charge in [-0.3, -0.25) is 9.63 Å². The molecule has 1 aliphatic heterocycles. The van der Waals surface area contributed by atoms with Crippen molar-refractivity contribution < 1.29 is 29.4 Å². The van der Waals surface area contributed by atoms with E-state index >= 15 is 0 Å². The van der Waals surface area contributed by atoms with Crippen LogP contribution in [0.15, 0.2) is 12.1 Å². The molecule has 0 aliphatic carbocycles. The SMILES string of the molecule is COc1c(C)cc(C(=O)N(OC)[C@@H]2CN(C(=O)O)CCC[C@H]2O)cc1C. The topological polar surface area (TPSA) is 99.5 Å². The molecule has 0 spiro atoms. The smallest absolute Gasteiger partial charge is 0.407 e. The predicted octanol–water partition coefficient (Wildman–Crippen LogP) is 1.82. The molecule has 1 fully saturated rings. The number of hydroxylamine groups is 2. The number of hydrogen-bond acceptors (Lipinski definition) is 5. The van der Waals surface area contributed by atoms with Gasteiger partial charge in [-0.05, 0) is 49.9 Å². The van der Waals surface area contributed by atoms with Crippen molar-refractivity contribution in [1.82, 2.24) is 9.96 Å². The fraction of sp³-hybridized carbons (Fsp3) is 0.556. The third-order valence-electron chi connectivity index (χ3n) is 4.66. The minimum absolute atomic E-state index is 0.00972. The standard InChI is InChI=1S/C18H26N2O6/c1-11-8-13(9-12(2)16(11)25-3)17(22)20(26-4)14-10-19(18(23)24)7-5-6-15(14)21/h8-9,14-15,21H,5-7,10H2,1-4H3,(H,23,24)/t14-,15-/m1/s1. The Morgan fingerprint density at radius 2 is 1.85 bits per heavy atom. The molecule has 8 nitrogen and oxygen atoms in total. The lowest BCUT2D eigenvalue weighted by Gasteiger charge is -2.33. The van der Waals surface area contributed by atoms with Crippen LogP contribution in [0.2, 0.25) is 0 Å². The number of carboxylic acid groups (broad SMARTS) is 1. The van der Waals surface area contributed by atoms with Crippen LogP contribution in [-0.4, -0.2) is 71.6 Å². The zero-order valence-corrected chi connectivity index (χ0v) is 15.6. The van der Waals surface area contributed by atoms with E-state index in [1.54, 1.807) is 19.2 Å². The van der Waals surface area contributed by atoms with Gasteiger partial charge in [0.1, 0.15) is 11.8 Å². The summed E-state index contributed by atoms with van der Waals surface area (Å²) in [5, 5.41) is 20.8. The van der Waals surface area contributed by atoms with Gasteiger partial charge in [-0.1, -0.05) is 0 Å². The van der Waals surface area contributed by atoms with Gasteiger partial charge in [0.05, 0.1) is 20.3 Å². The number of amides is 2. The Morgan fingerprint density at radius 1 is 1.23 bits per heavy atom. The number of carbonyl (C=O) groups excluding carboxylic acids is 1. The Bertz CT molecular complexity index is 655. The molecule has 2 atom stereocenters. The van der Waals surface area contributed by atoms with Crippen LogP contribution in [0.4, 0.5) is 4.79 Å². The number of methoxy groups -OCH3 is 1. The zero-order chi connectivity index (χ0) is 19.4. The van der Waals surface area contributed by atoms with E-state index in [1.807, 2.05) is 13.8 Å². The third kappa shape index (κ3) is 4.08. The van der Waals surface area contributed by atoms with Crippen molar-refractivity contribution in [2.75, 3.05) is 27.3 Å². The van der Waals surface area contributed by atoms with Gasteiger partial charge in [-0.2, -0.15) is 0 Å². The zero-order valence-electron chi connectivity index (χ0n) is 15.6. The lowest BCUT2D eigenvalue weighted by Crippen LogP contribution is -2.51. The molecule has 1 heterocycles. The number of aliphatic hydroxyl groups is 1. The summed E-state index contributed by atoms with van der Waals surface area (Å²) >= 11 is 0. The van der Waals surface area contributed by atoms with Crippen LogP contribution in [0.3, 0.4) is 0 Å². The van der Waals surface area contributed by atoms with Crippen LogP contribution in [-0.2, 0) is 4.84 Å². The maximum atomic E-state index is 13.0. The van der Waals surface area contributed by atoms with E-state index in [0.717, 1.165) is 16.2 Å². The van der Waals surface area contributed by atoms with Crippen molar-refractivity contribution in [2.24, 2.45) is 0 Å². The van der Waals surface area contributed by atoms with Crippen molar-refractivity contribution in [3.8, 4) is 5.75 Å². The highest BCUT2D eigenvalue weighted by Crippen LogP contribution is 2.26. The molecule has 1 aromatic rings. The number of ether oxygens (including phenoxy) is 1. The minimum atomic E-state index is -1.08. The van der Waals surface area contributed by atoms with Crippen LogP contribution in [0.25, 0.3) is 0 Å². The number of nitrogens with zero attached hydrogens (tertiary/aromatic N) is 2. The molecule has 1 aromatic carbocycles. The monoisotopic (exact) mass is 366 g/mol. The minimum Gasteiger partial charge on any atom is -0.496 e.